The molecule has 9 heteroatoms. The Labute approximate surface area is 185 Å². The molecule has 0 aliphatic heterocycles. The molecule has 146 valence electrons. The largest absolute Gasteiger partial charge is 0.297 e. The fourth-order valence-corrected chi connectivity index (χ4v) is 4.97. The van der Waals surface area contributed by atoms with E-state index in [2.05, 4.69) is 19.9 Å². The van der Waals surface area contributed by atoms with Crippen molar-refractivity contribution in [1.82, 2.24) is 14.6 Å². The fourth-order valence-electron chi connectivity index (χ4n) is 2.80. The van der Waals surface area contributed by atoms with E-state index in [1.165, 1.54) is 11.3 Å². The molecule has 1 amide bonds. The zero-order chi connectivity index (χ0) is 20.4. The Bertz CT molecular complexity index is 1130. The summed E-state index contributed by atoms with van der Waals surface area (Å²) in [5.74, 6) is -0.276. The second-order valence-corrected chi connectivity index (χ2v) is 8.58. The van der Waals surface area contributed by atoms with Crippen molar-refractivity contribution in [3.05, 3.63) is 69.1 Å². The number of thiazole rings is 1. The average molecular weight is 461 g/mol. The van der Waals surface area contributed by atoms with E-state index >= 15 is 0 Å². The van der Waals surface area contributed by atoms with Crippen molar-refractivity contribution in [2.45, 2.75) is 13.3 Å². The van der Waals surface area contributed by atoms with E-state index < -0.39 is 0 Å². The van der Waals surface area contributed by atoms with Crippen LogP contribution in [0.2, 0.25) is 10.0 Å². The van der Waals surface area contributed by atoms with Crippen molar-refractivity contribution < 1.29 is 4.79 Å². The lowest BCUT2D eigenvalue weighted by atomic mass is 10.1. The van der Waals surface area contributed by atoms with Gasteiger partial charge in [0.2, 0.25) is 0 Å². The van der Waals surface area contributed by atoms with Gasteiger partial charge in [-0.2, -0.15) is 0 Å². The van der Waals surface area contributed by atoms with Gasteiger partial charge in [-0.3, -0.25) is 10.1 Å². The van der Waals surface area contributed by atoms with Crippen LogP contribution in [0.5, 0.6) is 0 Å². The first kappa shape index (κ1) is 20.0. The van der Waals surface area contributed by atoms with E-state index in [1.807, 2.05) is 49.4 Å². The number of aromatic nitrogens is 3. The number of amides is 1. The molecule has 0 fully saturated rings. The van der Waals surface area contributed by atoms with Gasteiger partial charge in [0.25, 0.3) is 5.91 Å². The normalized spacial score (nSPS) is 10.9. The Hall–Kier alpha value is -2.32. The van der Waals surface area contributed by atoms with E-state index in [4.69, 9.17) is 23.2 Å². The average Bonchev–Trinajstić information content (AvgIpc) is 3.35. The molecule has 0 saturated carbocycles. The predicted octanol–water partition coefficient (Wildman–Crippen LogP) is 6.45. The van der Waals surface area contributed by atoms with Crippen LogP contribution in [0.3, 0.4) is 0 Å². The minimum absolute atomic E-state index is 0.276. The lowest BCUT2D eigenvalue weighted by Crippen LogP contribution is -2.12. The highest BCUT2D eigenvalue weighted by Crippen LogP contribution is 2.43. The zero-order valence-corrected chi connectivity index (χ0v) is 18.3. The number of anilines is 1. The van der Waals surface area contributed by atoms with E-state index in [9.17, 15) is 4.79 Å². The molecule has 4 aromatic rings. The Morgan fingerprint density at radius 2 is 1.69 bits per heavy atom. The van der Waals surface area contributed by atoms with E-state index in [0.29, 0.717) is 37.9 Å². The number of carbonyl (C=O) groups excluding carboxylic acids is 1. The molecule has 0 spiro atoms. The number of nitrogens with zero attached hydrogens (tertiary/aromatic N) is 3. The van der Waals surface area contributed by atoms with Gasteiger partial charge in [0.15, 0.2) is 5.13 Å². The van der Waals surface area contributed by atoms with Gasteiger partial charge in [-0.25, -0.2) is 4.98 Å². The molecule has 0 unspecified atom stereocenters. The van der Waals surface area contributed by atoms with Crippen LogP contribution in [-0.4, -0.2) is 20.5 Å². The van der Waals surface area contributed by atoms with Crippen LogP contribution in [0.15, 0.2) is 48.5 Å². The van der Waals surface area contributed by atoms with Crippen LogP contribution in [-0.2, 0) is 6.42 Å². The van der Waals surface area contributed by atoms with Crippen molar-refractivity contribution in [3.63, 3.8) is 0 Å². The van der Waals surface area contributed by atoms with Gasteiger partial charge >= 0.3 is 0 Å². The number of benzene rings is 2. The lowest BCUT2D eigenvalue weighted by molar-refractivity contribution is 0.102. The van der Waals surface area contributed by atoms with E-state index in [0.717, 1.165) is 27.5 Å². The Morgan fingerprint density at radius 1 is 1.03 bits per heavy atom. The topological polar surface area (TPSA) is 67.8 Å². The maximum Gasteiger partial charge on any atom is 0.271 e. The van der Waals surface area contributed by atoms with Crippen molar-refractivity contribution in [2.75, 3.05) is 5.32 Å². The number of hydrogen-bond donors (Lipinski definition) is 1. The number of aryl methyl sites for hydroxylation is 1. The van der Waals surface area contributed by atoms with Gasteiger partial charge in [0.1, 0.15) is 4.88 Å². The molecule has 29 heavy (non-hydrogen) atoms. The smallest absolute Gasteiger partial charge is 0.271 e. The summed E-state index contributed by atoms with van der Waals surface area (Å²) in [7, 11) is 0. The minimum Gasteiger partial charge on any atom is -0.297 e. The molecule has 0 aliphatic carbocycles. The Balaban J connectivity index is 1.79. The van der Waals surface area contributed by atoms with Gasteiger partial charge < -0.3 is 0 Å². The summed E-state index contributed by atoms with van der Waals surface area (Å²) < 4.78 is 3.88. The molecule has 2 aromatic heterocycles. The monoisotopic (exact) mass is 460 g/mol. The molecule has 1 N–H and O–H groups in total. The van der Waals surface area contributed by atoms with Crippen molar-refractivity contribution in [1.29, 1.82) is 0 Å². The molecule has 0 atom stereocenters. The SMILES string of the molecule is CCc1nnsc1C(=O)Nc1nc(-c2ccccc2Cl)c(-c2ccccc2Cl)s1. The zero-order valence-electron chi connectivity index (χ0n) is 15.1. The number of nitrogens with one attached hydrogen (secondary N) is 1. The third-order valence-corrected chi connectivity index (χ3v) is 6.62. The second-order valence-electron chi connectivity index (χ2n) is 6.01. The summed E-state index contributed by atoms with van der Waals surface area (Å²) in [5, 5.41) is 8.49. The minimum atomic E-state index is -0.276. The number of hydrogen-bond acceptors (Lipinski definition) is 6. The van der Waals surface area contributed by atoms with Crippen molar-refractivity contribution in [3.8, 4) is 21.7 Å². The molecule has 0 radical (unpaired) electrons. The first-order chi connectivity index (χ1) is 14.1. The molecule has 2 aromatic carbocycles. The summed E-state index contributed by atoms with van der Waals surface area (Å²) >= 11 is 15.3. The highest BCUT2D eigenvalue weighted by molar-refractivity contribution is 7.19. The summed E-state index contributed by atoms with van der Waals surface area (Å²) in [6.45, 7) is 1.93. The van der Waals surface area contributed by atoms with Crippen LogP contribution < -0.4 is 5.32 Å². The van der Waals surface area contributed by atoms with E-state index in [1.54, 1.807) is 6.07 Å². The number of halogens is 2. The van der Waals surface area contributed by atoms with Crippen molar-refractivity contribution >= 4 is 57.1 Å². The molecule has 2 heterocycles. The molecule has 4 rings (SSSR count). The standard InChI is InChI=1S/C20H14Cl2N4OS2/c1-2-15-18(29-26-25-15)19(27)24-20-23-16(11-7-3-5-9-13(11)21)17(28-20)12-8-4-6-10-14(12)22/h3-10H,2H2,1H3,(H,23,24,27). The van der Waals surface area contributed by atoms with Gasteiger partial charge in [-0.15, -0.1) is 5.10 Å². The van der Waals surface area contributed by atoms with Crippen LogP contribution in [0.1, 0.15) is 22.3 Å². The first-order valence-corrected chi connectivity index (χ1v) is 11.1. The first-order valence-electron chi connectivity index (χ1n) is 8.71. The van der Waals surface area contributed by atoms with Gasteiger partial charge in [-0.05, 0) is 30.1 Å². The molecular formula is C20H14Cl2N4OS2. The Kier molecular flexibility index (Phi) is 5.91. The third-order valence-electron chi connectivity index (χ3n) is 4.19. The van der Waals surface area contributed by atoms with Gasteiger partial charge in [0, 0.05) is 16.1 Å². The van der Waals surface area contributed by atoms with Gasteiger partial charge in [0.05, 0.1) is 21.3 Å². The molecule has 5 nitrogen and oxygen atoms in total. The molecular weight excluding hydrogens is 447 g/mol. The van der Waals surface area contributed by atoms with Crippen molar-refractivity contribution in [2.24, 2.45) is 0 Å². The molecule has 0 saturated heterocycles. The summed E-state index contributed by atoms with van der Waals surface area (Å²) in [6.07, 6.45) is 0.632. The van der Waals surface area contributed by atoms with Crippen LogP contribution in [0, 0.1) is 0 Å². The number of carbonyl (C=O) groups is 1. The van der Waals surface area contributed by atoms with E-state index in [-0.39, 0.29) is 5.91 Å². The summed E-state index contributed by atoms with van der Waals surface area (Å²) in [6, 6.07) is 15.0. The van der Waals surface area contributed by atoms with Gasteiger partial charge in [-0.1, -0.05) is 82.3 Å². The highest BCUT2D eigenvalue weighted by atomic mass is 35.5. The van der Waals surface area contributed by atoms with Crippen LogP contribution in [0.25, 0.3) is 21.7 Å². The highest BCUT2D eigenvalue weighted by Gasteiger charge is 2.21. The van der Waals surface area contributed by atoms with Crippen LogP contribution in [0.4, 0.5) is 5.13 Å². The second kappa shape index (κ2) is 8.59. The molecule has 0 bridgehead atoms. The predicted molar refractivity (Wildman–Crippen MR) is 120 cm³/mol. The fraction of sp³-hybridized carbons (Fsp3) is 0.100. The Morgan fingerprint density at radius 3 is 2.34 bits per heavy atom. The third kappa shape index (κ3) is 4.04. The summed E-state index contributed by atoms with van der Waals surface area (Å²) in [4.78, 5) is 18.7. The molecule has 0 aliphatic rings. The lowest BCUT2D eigenvalue weighted by Gasteiger charge is -2.06. The summed E-state index contributed by atoms with van der Waals surface area (Å²) in [5.41, 5.74) is 2.94. The number of rotatable bonds is 5. The maximum atomic E-state index is 12.7. The van der Waals surface area contributed by atoms with Crippen LogP contribution >= 0.6 is 46.1 Å². The quantitative estimate of drug-likeness (QED) is 0.371. The maximum absolute atomic E-state index is 12.7.